The topological polar surface area (TPSA) is 42.2 Å². The number of hydrogen-bond acceptors (Lipinski definition) is 4. The van der Waals surface area contributed by atoms with Gasteiger partial charge in [0.15, 0.2) is 5.82 Å². The van der Waals surface area contributed by atoms with E-state index in [0.29, 0.717) is 5.89 Å². The minimum absolute atomic E-state index is 0.192. The van der Waals surface area contributed by atoms with Gasteiger partial charge in [-0.05, 0) is 21.0 Å². The average molecular weight is 169 g/mol. The Morgan fingerprint density at radius 1 is 1.50 bits per heavy atom. The summed E-state index contributed by atoms with van der Waals surface area (Å²) in [7, 11) is 3.97. The molecule has 1 aromatic heterocycles. The lowest BCUT2D eigenvalue weighted by Gasteiger charge is -2.14. The average Bonchev–Trinajstić information content (AvgIpc) is 2.50. The SMILES string of the molecule is CCc1noc(C(C)N(C)C)n1. The van der Waals surface area contributed by atoms with E-state index < -0.39 is 0 Å². The Labute approximate surface area is 72.6 Å². The third-order valence-electron chi connectivity index (χ3n) is 1.93. The third-order valence-corrected chi connectivity index (χ3v) is 1.93. The molecule has 0 aliphatic heterocycles. The van der Waals surface area contributed by atoms with Crippen LogP contribution in [0.3, 0.4) is 0 Å². The van der Waals surface area contributed by atoms with Gasteiger partial charge in [0, 0.05) is 6.42 Å². The van der Waals surface area contributed by atoms with Crippen molar-refractivity contribution in [3.05, 3.63) is 11.7 Å². The molecule has 1 rings (SSSR count). The Balaban J connectivity index is 2.74. The Hall–Kier alpha value is -0.900. The minimum Gasteiger partial charge on any atom is -0.338 e. The fourth-order valence-electron chi connectivity index (χ4n) is 0.802. The van der Waals surface area contributed by atoms with Crippen LogP contribution in [-0.4, -0.2) is 29.1 Å². The van der Waals surface area contributed by atoms with Crippen LogP contribution in [0.2, 0.25) is 0 Å². The highest BCUT2D eigenvalue weighted by Crippen LogP contribution is 2.14. The molecule has 0 saturated heterocycles. The van der Waals surface area contributed by atoms with Crippen LogP contribution >= 0.6 is 0 Å². The van der Waals surface area contributed by atoms with E-state index in [2.05, 4.69) is 10.1 Å². The molecule has 0 saturated carbocycles. The molecule has 0 aliphatic carbocycles. The lowest BCUT2D eigenvalue weighted by atomic mass is 10.3. The monoisotopic (exact) mass is 169 g/mol. The first-order valence-electron chi connectivity index (χ1n) is 4.14. The maximum absolute atomic E-state index is 5.08. The zero-order valence-corrected chi connectivity index (χ0v) is 8.03. The molecule has 0 N–H and O–H groups in total. The van der Waals surface area contributed by atoms with E-state index in [-0.39, 0.29) is 6.04 Å². The number of hydrogen-bond donors (Lipinski definition) is 0. The first kappa shape index (κ1) is 9.19. The van der Waals surface area contributed by atoms with Crippen molar-refractivity contribution >= 4 is 0 Å². The molecule has 12 heavy (non-hydrogen) atoms. The van der Waals surface area contributed by atoms with Crippen LogP contribution < -0.4 is 0 Å². The van der Waals surface area contributed by atoms with Gasteiger partial charge < -0.3 is 4.52 Å². The first-order chi connectivity index (χ1) is 5.65. The molecule has 0 spiro atoms. The second-order valence-electron chi connectivity index (χ2n) is 3.04. The third kappa shape index (κ3) is 1.82. The van der Waals surface area contributed by atoms with E-state index in [1.807, 2.05) is 32.8 Å². The molecular formula is C8H15N3O. The molecule has 68 valence electrons. The van der Waals surface area contributed by atoms with Crippen molar-refractivity contribution < 1.29 is 4.52 Å². The summed E-state index contributed by atoms with van der Waals surface area (Å²) in [5, 5.41) is 3.83. The van der Waals surface area contributed by atoms with Crippen molar-refractivity contribution in [2.75, 3.05) is 14.1 Å². The Morgan fingerprint density at radius 3 is 2.58 bits per heavy atom. The van der Waals surface area contributed by atoms with Crippen molar-refractivity contribution in [2.45, 2.75) is 26.3 Å². The standard InChI is InChI=1S/C8H15N3O/c1-5-7-9-8(12-10-7)6(2)11(3)4/h6H,5H2,1-4H3. The minimum atomic E-state index is 0.192. The highest BCUT2D eigenvalue weighted by atomic mass is 16.5. The quantitative estimate of drug-likeness (QED) is 0.683. The van der Waals surface area contributed by atoms with Crippen LogP contribution in [0.15, 0.2) is 4.52 Å². The zero-order chi connectivity index (χ0) is 9.14. The van der Waals surface area contributed by atoms with Crippen molar-refractivity contribution in [1.82, 2.24) is 15.0 Å². The van der Waals surface area contributed by atoms with Crippen LogP contribution in [0.25, 0.3) is 0 Å². The number of rotatable bonds is 3. The highest BCUT2D eigenvalue weighted by molar-refractivity contribution is 4.90. The van der Waals surface area contributed by atoms with E-state index in [1.54, 1.807) is 0 Å². The molecular weight excluding hydrogens is 154 g/mol. The molecule has 0 fully saturated rings. The van der Waals surface area contributed by atoms with Crippen LogP contribution in [0, 0.1) is 0 Å². The van der Waals surface area contributed by atoms with Gasteiger partial charge >= 0.3 is 0 Å². The van der Waals surface area contributed by atoms with Crippen molar-refractivity contribution in [2.24, 2.45) is 0 Å². The molecule has 1 unspecified atom stereocenters. The van der Waals surface area contributed by atoms with Gasteiger partial charge in [-0.2, -0.15) is 4.98 Å². The van der Waals surface area contributed by atoms with Gasteiger partial charge in [0.1, 0.15) is 0 Å². The summed E-state index contributed by atoms with van der Waals surface area (Å²) in [4.78, 5) is 6.27. The van der Waals surface area contributed by atoms with E-state index in [0.717, 1.165) is 12.2 Å². The predicted octanol–water partition coefficient (Wildman–Crippen LogP) is 1.25. The molecule has 4 nitrogen and oxygen atoms in total. The molecule has 1 atom stereocenters. The highest BCUT2D eigenvalue weighted by Gasteiger charge is 2.14. The maximum Gasteiger partial charge on any atom is 0.243 e. The second kappa shape index (κ2) is 3.67. The van der Waals surface area contributed by atoms with E-state index >= 15 is 0 Å². The summed E-state index contributed by atoms with van der Waals surface area (Å²) in [6, 6.07) is 0.192. The smallest absolute Gasteiger partial charge is 0.243 e. The Bertz CT molecular complexity index is 244. The van der Waals surface area contributed by atoms with Crippen LogP contribution in [-0.2, 0) is 6.42 Å². The second-order valence-corrected chi connectivity index (χ2v) is 3.04. The largest absolute Gasteiger partial charge is 0.338 e. The van der Waals surface area contributed by atoms with Crippen molar-refractivity contribution in [3.63, 3.8) is 0 Å². The number of aryl methyl sites for hydroxylation is 1. The molecule has 0 aromatic carbocycles. The van der Waals surface area contributed by atoms with Gasteiger partial charge in [0.05, 0.1) is 6.04 Å². The van der Waals surface area contributed by atoms with Crippen molar-refractivity contribution in [3.8, 4) is 0 Å². The predicted molar refractivity (Wildman–Crippen MR) is 45.8 cm³/mol. The summed E-state index contributed by atoms with van der Waals surface area (Å²) >= 11 is 0. The molecule has 0 bridgehead atoms. The molecule has 0 radical (unpaired) electrons. The molecule has 0 aliphatic rings. The van der Waals surface area contributed by atoms with Gasteiger partial charge in [-0.3, -0.25) is 4.90 Å². The summed E-state index contributed by atoms with van der Waals surface area (Å²) < 4.78 is 5.08. The fraction of sp³-hybridized carbons (Fsp3) is 0.750. The van der Waals surface area contributed by atoms with Gasteiger partial charge in [0.25, 0.3) is 0 Å². The van der Waals surface area contributed by atoms with Gasteiger partial charge in [-0.1, -0.05) is 12.1 Å². The molecule has 1 heterocycles. The zero-order valence-electron chi connectivity index (χ0n) is 8.03. The van der Waals surface area contributed by atoms with Gasteiger partial charge in [-0.25, -0.2) is 0 Å². The summed E-state index contributed by atoms with van der Waals surface area (Å²) in [5.74, 6) is 1.47. The van der Waals surface area contributed by atoms with Gasteiger partial charge in [-0.15, -0.1) is 0 Å². The summed E-state index contributed by atoms with van der Waals surface area (Å²) in [6.45, 7) is 4.04. The normalized spacial score (nSPS) is 13.8. The van der Waals surface area contributed by atoms with Gasteiger partial charge in [0.2, 0.25) is 5.89 Å². The Kier molecular flexibility index (Phi) is 2.81. The summed E-state index contributed by atoms with van der Waals surface area (Å²) in [6.07, 6.45) is 0.823. The molecule has 1 aromatic rings. The maximum atomic E-state index is 5.08. The number of aromatic nitrogens is 2. The van der Waals surface area contributed by atoms with Crippen LogP contribution in [0.4, 0.5) is 0 Å². The van der Waals surface area contributed by atoms with E-state index in [4.69, 9.17) is 4.52 Å². The first-order valence-corrected chi connectivity index (χ1v) is 4.14. The molecule has 4 heteroatoms. The lowest BCUT2D eigenvalue weighted by Crippen LogP contribution is -2.16. The van der Waals surface area contributed by atoms with Crippen LogP contribution in [0.1, 0.15) is 31.6 Å². The fourth-order valence-corrected chi connectivity index (χ4v) is 0.802. The van der Waals surface area contributed by atoms with Crippen molar-refractivity contribution in [1.29, 1.82) is 0 Å². The summed E-state index contributed by atoms with van der Waals surface area (Å²) in [5.41, 5.74) is 0. The van der Waals surface area contributed by atoms with Crippen LogP contribution in [0.5, 0.6) is 0 Å². The lowest BCUT2D eigenvalue weighted by molar-refractivity contribution is 0.245. The van der Waals surface area contributed by atoms with E-state index in [1.165, 1.54) is 0 Å². The molecule has 0 amide bonds. The van der Waals surface area contributed by atoms with E-state index in [9.17, 15) is 0 Å². The Morgan fingerprint density at radius 2 is 2.17 bits per heavy atom. The number of nitrogens with zero attached hydrogens (tertiary/aromatic N) is 3.